The van der Waals surface area contributed by atoms with Gasteiger partial charge in [-0.1, -0.05) is 6.07 Å². The molecular weight excluding hydrogens is 264 g/mol. The minimum atomic E-state index is -4.70. The van der Waals surface area contributed by atoms with Gasteiger partial charge >= 0.3 is 6.18 Å². The van der Waals surface area contributed by atoms with Crippen LogP contribution >= 0.6 is 0 Å². The topological polar surface area (TPSA) is 72.2 Å². The van der Waals surface area contributed by atoms with Crippen molar-refractivity contribution in [2.45, 2.75) is 11.1 Å². The molecule has 1 aromatic carbocycles. The quantitative estimate of drug-likeness (QED) is 0.642. The number of anilines is 1. The Morgan fingerprint density at radius 1 is 1.29 bits per heavy atom. The van der Waals surface area contributed by atoms with Gasteiger partial charge in [0.15, 0.2) is 0 Å². The Labute approximate surface area is 94.5 Å². The van der Waals surface area contributed by atoms with Crippen molar-refractivity contribution in [3.05, 3.63) is 24.0 Å². The maximum atomic E-state index is 12.9. The van der Waals surface area contributed by atoms with Crippen LogP contribution in [0.4, 0.5) is 23.2 Å². The second kappa shape index (κ2) is 4.49. The first kappa shape index (κ1) is 13.7. The smallest absolute Gasteiger partial charge is 0.395 e. The third-order valence-electron chi connectivity index (χ3n) is 1.77. The highest BCUT2D eigenvalue weighted by Crippen LogP contribution is 2.21. The Morgan fingerprint density at radius 3 is 2.41 bits per heavy atom. The van der Waals surface area contributed by atoms with Crippen molar-refractivity contribution in [3.8, 4) is 0 Å². The second-order valence-corrected chi connectivity index (χ2v) is 4.83. The molecule has 0 saturated heterocycles. The summed E-state index contributed by atoms with van der Waals surface area (Å²) in [6.07, 6.45) is -4.70. The van der Waals surface area contributed by atoms with Crippen LogP contribution in [0, 0.1) is 5.82 Å². The van der Waals surface area contributed by atoms with Crippen LogP contribution in [-0.2, 0) is 10.0 Å². The fourth-order valence-corrected chi connectivity index (χ4v) is 2.16. The molecule has 0 bridgehead atoms. The molecule has 1 aromatic rings. The molecule has 0 heterocycles. The third kappa shape index (κ3) is 3.56. The Hall–Kier alpha value is -1.35. The Bertz CT molecular complexity index is 513. The molecule has 0 aliphatic heterocycles. The van der Waals surface area contributed by atoms with Crippen molar-refractivity contribution in [2.75, 3.05) is 12.3 Å². The van der Waals surface area contributed by atoms with E-state index in [2.05, 4.69) is 0 Å². The highest BCUT2D eigenvalue weighted by atomic mass is 32.2. The minimum absolute atomic E-state index is 0.720. The molecule has 0 aliphatic rings. The molecule has 0 atom stereocenters. The van der Waals surface area contributed by atoms with Gasteiger partial charge in [0.2, 0.25) is 10.0 Å². The number of hydrogen-bond acceptors (Lipinski definition) is 3. The second-order valence-electron chi connectivity index (χ2n) is 3.09. The number of para-hydroxylation sites is 1. The largest absolute Gasteiger partial charge is 0.402 e. The lowest BCUT2D eigenvalue weighted by molar-refractivity contribution is -0.121. The van der Waals surface area contributed by atoms with Crippen molar-refractivity contribution < 1.29 is 26.0 Å². The van der Waals surface area contributed by atoms with E-state index in [1.165, 1.54) is 4.72 Å². The number of nitrogens with two attached hydrogens (primary N) is 1. The number of nitrogens with one attached hydrogen (secondary N) is 1. The number of sulfonamides is 1. The molecule has 96 valence electrons. The Kier molecular flexibility index (Phi) is 3.62. The summed E-state index contributed by atoms with van der Waals surface area (Å²) in [7, 11) is -4.48. The molecule has 0 saturated carbocycles. The fourth-order valence-electron chi connectivity index (χ4n) is 1.01. The molecule has 4 nitrogen and oxygen atoms in total. The van der Waals surface area contributed by atoms with Gasteiger partial charge in [-0.25, -0.2) is 17.5 Å². The van der Waals surface area contributed by atoms with E-state index in [0.29, 0.717) is 0 Å². The summed E-state index contributed by atoms with van der Waals surface area (Å²) in [6, 6.07) is 2.85. The highest BCUT2D eigenvalue weighted by molar-refractivity contribution is 7.89. The van der Waals surface area contributed by atoms with Crippen LogP contribution in [0.25, 0.3) is 0 Å². The van der Waals surface area contributed by atoms with Gasteiger partial charge in [0.05, 0.1) is 5.69 Å². The molecule has 0 spiro atoms. The standard InChI is InChI=1S/C8H8F4N2O2S/c9-5-2-1-3-6(7(5)13)17(15,16)14-4-8(10,11)12/h1-3,14H,4,13H2. The van der Waals surface area contributed by atoms with E-state index >= 15 is 0 Å². The van der Waals surface area contributed by atoms with E-state index < -0.39 is 39.1 Å². The van der Waals surface area contributed by atoms with E-state index in [1.807, 2.05) is 0 Å². The van der Waals surface area contributed by atoms with Gasteiger partial charge in [0, 0.05) is 0 Å². The zero-order valence-corrected chi connectivity index (χ0v) is 9.07. The first-order valence-corrected chi connectivity index (χ1v) is 5.72. The van der Waals surface area contributed by atoms with Crippen molar-refractivity contribution in [1.82, 2.24) is 4.72 Å². The summed E-state index contributed by atoms with van der Waals surface area (Å²) in [5.74, 6) is -1.01. The molecule has 3 N–H and O–H groups in total. The van der Waals surface area contributed by atoms with Gasteiger partial charge in [-0.05, 0) is 12.1 Å². The van der Waals surface area contributed by atoms with E-state index in [1.54, 1.807) is 0 Å². The van der Waals surface area contributed by atoms with E-state index in [9.17, 15) is 26.0 Å². The van der Waals surface area contributed by atoms with Crippen molar-refractivity contribution in [1.29, 1.82) is 0 Å². The SMILES string of the molecule is Nc1c(F)cccc1S(=O)(=O)NCC(F)(F)F. The van der Waals surface area contributed by atoms with Crippen LogP contribution in [0.5, 0.6) is 0 Å². The molecule has 1 rings (SSSR count). The molecule has 0 fully saturated rings. The normalized spacial score (nSPS) is 12.7. The summed E-state index contributed by atoms with van der Waals surface area (Å²) in [4.78, 5) is -0.721. The van der Waals surface area contributed by atoms with Crippen LogP contribution in [0.1, 0.15) is 0 Å². The maximum absolute atomic E-state index is 12.9. The lowest BCUT2D eigenvalue weighted by Crippen LogP contribution is -2.34. The Balaban J connectivity index is 3.02. The van der Waals surface area contributed by atoms with E-state index in [0.717, 1.165) is 18.2 Å². The predicted molar refractivity (Wildman–Crippen MR) is 52.1 cm³/mol. The van der Waals surface area contributed by atoms with Crippen molar-refractivity contribution in [2.24, 2.45) is 0 Å². The molecule has 0 unspecified atom stereocenters. The molecule has 0 aliphatic carbocycles. The van der Waals surface area contributed by atoms with Crippen LogP contribution in [0.15, 0.2) is 23.1 Å². The van der Waals surface area contributed by atoms with Crippen molar-refractivity contribution >= 4 is 15.7 Å². The van der Waals surface area contributed by atoms with Gasteiger partial charge in [0.1, 0.15) is 17.3 Å². The average Bonchev–Trinajstić information content (AvgIpc) is 2.18. The third-order valence-corrected chi connectivity index (χ3v) is 3.22. The van der Waals surface area contributed by atoms with E-state index in [-0.39, 0.29) is 0 Å². The fraction of sp³-hybridized carbons (Fsp3) is 0.250. The molecule has 9 heteroatoms. The van der Waals surface area contributed by atoms with E-state index in [4.69, 9.17) is 5.73 Å². The molecule has 0 amide bonds. The number of benzene rings is 1. The average molecular weight is 272 g/mol. The summed E-state index contributed by atoms with van der Waals surface area (Å²) in [5.41, 5.74) is 4.41. The minimum Gasteiger partial charge on any atom is -0.395 e. The van der Waals surface area contributed by atoms with Crippen LogP contribution in [0.3, 0.4) is 0 Å². The maximum Gasteiger partial charge on any atom is 0.402 e. The van der Waals surface area contributed by atoms with Gasteiger partial charge in [-0.2, -0.15) is 13.2 Å². The van der Waals surface area contributed by atoms with Crippen LogP contribution in [0.2, 0.25) is 0 Å². The lowest BCUT2D eigenvalue weighted by atomic mass is 10.3. The highest BCUT2D eigenvalue weighted by Gasteiger charge is 2.30. The summed E-state index contributed by atoms with van der Waals surface area (Å²) >= 11 is 0. The van der Waals surface area contributed by atoms with Crippen LogP contribution < -0.4 is 10.5 Å². The summed E-state index contributed by atoms with van der Waals surface area (Å²) < 4.78 is 72.6. The zero-order chi connectivity index (χ0) is 13.3. The summed E-state index contributed by atoms with van der Waals surface area (Å²) in [5, 5.41) is 0. The zero-order valence-electron chi connectivity index (χ0n) is 8.25. The molecule has 0 radical (unpaired) electrons. The predicted octanol–water partition coefficient (Wildman–Crippen LogP) is 1.25. The Morgan fingerprint density at radius 2 is 1.88 bits per heavy atom. The monoisotopic (exact) mass is 272 g/mol. The van der Waals surface area contributed by atoms with Gasteiger partial charge in [-0.15, -0.1) is 0 Å². The van der Waals surface area contributed by atoms with Gasteiger partial charge in [-0.3, -0.25) is 0 Å². The summed E-state index contributed by atoms with van der Waals surface area (Å²) in [6.45, 7) is -1.74. The molecule has 0 aromatic heterocycles. The van der Waals surface area contributed by atoms with Crippen LogP contribution in [-0.4, -0.2) is 21.1 Å². The number of alkyl halides is 3. The lowest BCUT2D eigenvalue weighted by Gasteiger charge is -2.11. The number of halogens is 4. The first-order chi connectivity index (χ1) is 7.63. The number of hydrogen-bond donors (Lipinski definition) is 2. The first-order valence-electron chi connectivity index (χ1n) is 4.24. The number of nitrogen functional groups attached to an aromatic ring is 1. The van der Waals surface area contributed by atoms with Crippen molar-refractivity contribution in [3.63, 3.8) is 0 Å². The van der Waals surface area contributed by atoms with Gasteiger partial charge in [0.25, 0.3) is 0 Å². The molecular formula is C8H8F4N2O2S. The molecule has 17 heavy (non-hydrogen) atoms. The number of rotatable bonds is 3. The van der Waals surface area contributed by atoms with Gasteiger partial charge < -0.3 is 5.73 Å².